The molecule has 0 radical (unpaired) electrons. The maximum Gasteiger partial charge on any atom is 0.294 e. The topological polar surface area (TPSA) is 87.5 Å². The number of aryl methyl sites for hydroxylation is 3. The van der Waals surface area contributed by atoms with Crippen molar-refractivity contribution in [3.8, 4) is 11.4 Å². The van der Waals surface area contributed by atoms with E-state index in [0.717, 1.165) is 36.0 Å². The standard InChI is InChI=1S/C25H24N2O5/c1-13-7-20-23-15(14(13)2)5-4-6-16(23)18-9-27-21(24(18)26-20)8-17(22(10-28)32-12-29)19(11-31-3)25(27)30/h7-8,10,12,22H,4-6,9,11H2,1-3H3. The van der Waals surface area contributed by atoms with Gasteiger partial charge >= 0.3 is 0 Å². The van der Waals surface area contributed by atoms with Crippen molar-refractivity contribution in [1.82, 2.24) is 9.55 Å². The SMILES string of the molecule is COCc1c(C(C=O)OC=O)cc2n(c1=O)Cc1c-2nc2cc(C)c(C)c3c2c1CCC3. The molecule has 7 heteroatoms. The Labute approximate surface area is 185 Å². The van der Waals surface area contributed by atoms with Gasteiger partial charge in [-0.3, -0.25) is 14.4 Å². The number of aromatic nitrogens is 2. The number of pyridine rings is 2. The lowest BCUT2D eigenvalue weighted by atomic mass is 9.83. The first-order chi connectivity index (χ1) is 15.5. The van der Waals surface area contributed by atoms with Crippen molar-refractivity contribution in [3.05, 3.63) is 61.4 Å². The van der Waals surface area contributed by atoms with Gasteiger partial charge < -0.3 is 14.0 Å². The minimum Gasteiger partial charge on any atom is -0.452 e. The van der Waals surface area contributed by atoms with Crippen LogP contribution < -0.4 is 5.56 Å². The summed E-state index contributed by atoms with van der Waals surface area (Å²) in [6, 6.07) is 3.87. The molecule has 1 aromatic carbocycles. The molecule has 0 saturated heterocycles. The summed E-state index contributed by atoms with van der Waals surface area (Å²) in [6.45, 7) is 4.94. The molecule has 0 saturated carbocycles. The minimum atomic E-state index is -1.17. The summed E-state index contributed by atoms with van der Waals surface area (Å²) in [7, 11) is 1.48. The van der Waals surface area contributed by atoms with Crippen LogP contribution in [0.2, 0.25) is 0 Å². The molecule has 3 aromatic rings. The van der Waals surface area contributed by atoms with E-state index < -0.39 is 6.10 Å². The molecule has 0 bridgehead atoms. The molecule has 1 aliphatic carbocycles. The number of fused-ring (bicyclic) bond motifs is 4. The van der Waals surface area contributed by atoms with Crippen LogP contribution in [0.1, 0.15) is 51.5 Å². The lowest BCUT2D eigenvalue weighted by molar-refractivity contribution is -0.139. The van der Waals surface area contributed by atoms with Crippen LogP contribution in [0.5, 0.6) is 0 Å². The molecule has 164 valence electrons. The van der Waals surface area contributed by atoms with E-state index >= 15 is 0 Å². The number of nitrogens with zero attached hydrogens (tertiary/aromatic N) is 2. The Morgan fingerprint density at radius 2 is 1.94 bits per heavy atom. The molecular formula is C25H24N2O5. The van der Waals surface area contributed by atoms with Crippen LogP contribution in [-0.4, -0.2) is 29.4 Å². The lowest BCUT2D eigenvalue weighted by Crippen LogP contribution is -2.27. The highest BCUT2D eigenvalue weighted by atomic mass is 16.5. The predicted octanol–water partition coefficient (Wildman–Crippen LogP) is 3.09. The third-order valence-electron chi connectivity index (χ3n) is 6.91. The Balaban J connectivity index is 1.81. The number of methoxy groups -OCH3 is 1. The Morgan fingerprint density at radius 3 is 2.66 bits per heavy atom. The van der Waals surface area contributed by atoms with Gasteiger partial charge in [-0.05, 0) is 67.5 Å². The summed E-state index contributed by atoms with van der Waals surface area (Å²) >= 11 is 0. The van der Waals surface area contributed by atoms with Crippen LogP contribution >= 0.6 is 0 Å². The molecule has 2 aromatic heterocycles. The summed E-state index contributed by atoms with van der Waals surface area (Å²) in [6.07, 6.45) is 2.40. The Hall–Kier alpha value is -3.32. The van der Waals surface area contributed by atoms with Gasteiger partial charge in [-0.1, -0.05) is 0 Å². The molecule has 0 spiro atoms. The summed E-state index contributed by atoms with van der Waals surface area (Å²) in [5.74, 6) is 0. The zero-order chi connectivity index (χ0) is 22.6. The van der Waals surface area contributed by atoms with Gasteiger partial charge in [-0.25, -0.2) is 4.98 Å². The van der Waals surface area contributed by atoms with E-state index in [9.17, 15) is 14.4 Å². The molecule has 0 N–H and O–H groups in total. The molecule has 2 aliphatic rings. The molecule has 7 nitrogen and oxygen atoms in total. The smallest absolute Gasteiger partial charge is 0.294 e. The first-order valence-electron chi connectivity index (χ1n) is 10.7. The van der Waals surface area contributed by atoms with Gasteiger partial charge in [0.1, 0.15) is 0 Å². The van der Waals surface area contributed by atoms with E-state index in [4.69, 9.17) is 14.5 Å². The van der Waals surface area contributed by atoms with Gasteiger partial charge in [0, 0.05) is 23.6 Å². The highest BCUT2D eigenvalue weighted by Gasteiger charge is 2.31. The van der Waals surface area contributed by atoms with Crippen molar-refractivity contribution < 1.29 is 19.1 Å². The fourth-order valence-corrected chi connectivity index (χ4v) is 5.29. The van der Waals surface area contributed by atoms with E-state index in [0.29, 0.717) is 29.7 Å². The number of hydrogen-bond acceptors (Lipinski definition) is 6. The van der Waals surface area contributed by atoms with Gasteiger partial charge in [0.2, 0.25) is 0 Å². The molecule has 5 rings (SSSR count). The van der Waals surface area contributed by atoms with E-state index in [-0.39, 0.29) is 18.6 Å². The fourth-order valence-electron chi connectivity index (χ4n) is 5.29. The highest BCUT2D eigenvalue weighted by molar-refractivity contribution is 5.93. The predicted molar refractivity (Wildman–Crippen MR) is 119 cm³/mol. The van der Waals surface area contributed by atoms with Crippen LogP contribution in [0.25, 0.3) is 22.3 Å². The average Bonchev–Trinajstić information content (AvgIpc) is 3.16. The quantitative estimate of drug-likeness (QED) is 0.435. The molecule has 0 fully saturated rings. The number of benzene rings is 1. The van der Waals surface area contributed by atoms with Crippen molar-refractivity contribution in [2.24, 2.45) is 0 Å². The Bertz CT molecular complexity index is 1360. The van der Waals surface area contributed by atoms with Crippen molar-refractivity contribution in [2.75, 3.05) is 7.11 Å². The third kappa shape index (κ3) is 2.84. The molecule has 1 aliphatic heterocycles. The molecular weight excluding hydrogens is 408 g/mol. The number of hydrogen-bond donors (Lipinski definition) is 0. The minimum absolute atomic E-state index is 0.0160. The number of carbonyl (C=O) groups excluding carboxylic acids is 2. The van der Waals surface area contributed by atoms with Crippen molar-refractivity contribution >= 4 is 23.7 Å². The van der Waals surface area contributed by atoms with Crippen LogP contribution in [0.3, 0.4) is 0 Å². The summed E-state index contributed by atoms with van der Waals surface area (Å²) < 4.78 is 11.9. The van der Waals surface area contributed by atoms with E-state index in [1.54, 1.807) is 10.6 Å². The number of ether oxygens (including phenoxy) is 2. The van der Waals surface area contributed by atoms with Gasteiger partial charge in [0.25, 0.3) is 12.0 Å². The maximum atomic E-state index is 13.4. The lowest BCUT2D eigenvalue weighted by Gasteiger charge is -2.22. The molecule has 3 heterocycles. The van der Waals surface area contributed by atoms with Gasteiger partial charge in [0.05, 0.1) is 35.6 Å². The second kappa shape index (κ2) is 7.67. The largest absolute Gasteiger partial charge is 0.452 e. The van der Waals surface area contributed by atoms with Gasteiger partial charge in [0.15, 0.2) is 12.4 Å². The van der Waals surface area contributed by atoms with Crippen LogP contribution in [-0.2, 0) is 45.1 Å². The third-order valence-corrected chi connectivity index (χ3v) is 6.91. The first-order valence-corrected chi connectivity index (χ1v) is 10.7. The van der Waals surface area contributed by atoms with Crippen molar-refractivity contribution in [3.63, 3.8) is 0 Å². The normalized spacial score (nSPS) is 14.7. The average molecular weight is 432 g/mol. The summed E-state index contributed by atoms with van der Waals surface area (Å²) in [5.41, 5.74) is 8.98. The first kappa shape index (κ1) is 20.6. The van der Waals surface area contributed by atoms with E-state index in [1.165, 1.54) is 34.7 Å². The molecule has 0 amide bonds. The van der Waals surface area contributed by atoms with Crippen LogP contribution in [0.4, 0.5) is 0 Å². The maximum absolute atomic E-state index is 13.4. The number of carbonyl (C=O) groups is 2. The fraction of sp³-hybridized carbons (Fsp3) is 0.360. The second-order valence-corrected chi connectivity index (χ2v) is 8.54. The van der Waals surface area contributed by atoms with Crippen molar-refractivity contribution in [1.29, 1.82) is 0 Å². The number of rotatable bonds is 6. The highest BCUT2D eigenvalue weighted by Crippen LogP contribution is 2.41. The molecule has 1 atom stereocenters. The molecule has 32 heavy (non-hydrogen) atoms. The van der Waals surface area contributed by atoms with E-state index in [2.05, 4.69) is 19.9 Å². The van der Waals surface area contributed by atoms with Gasteiger partial charge in [-0.15, -0.1) is 0 Å². The van der Waals surface area contributed by atoms with Crippen molar-refractivity contribution in [2.45, 2.75) is 52.4 Å². The van der Waals surface area contributed by atoms with Crippen LogP contribution in [0, 0.1) is 13.8 Å². The molecule has 1 unspecified atom stereocenters. The summed E-state index contributed by atoms with van der Waals surface area (Å²) in [4.78, 5) is 41.0. The summed E-state index contributed by atoms with van der Waals surface area (Å²) in [5, 5.41) is 1.23. The zero-order valence-corrected chi connectivity index (χ0v) is 18.4. The number of aldehydes is 1. The monoisotopic (exact) mass is 432 g/mol. The van der Waals surface area contributed by atoms with E-state index in [1.807, 2.05) is 0 Å². The Kier molecular flexibility index (Phi) is 4.93. The zero-order valence-electron chi connectivity index (χ0n) is 18.4. The Morgan fingerprint density at radius 1 is 1.16 bits per heavy atom. The van der Waals surface area contributed by atoms with Crippen LogP contribution in [0.15, 0.2) is 16.9 Å². The van der Waals surface area contributed by atoms with Gasteiger partial charge in [-0.2, -0.15) is 0 Å². The second-order valence-electron chi connectivity index (χ2n) is 8.54.